The molecule has 0 radical (unpaired) electrons. The lowest BCUT2D eigenvalue weighted by molar-refractivity contribution is -0.120. The first-order chi connectivity index (χ1) is 10.6. The normalized spacial score (nSPS) is 12.8. The van der Waals surface area contributed by atoms with Crippen LogP contribution in [0.15, 0.2) is 12.1 Å². The molecule has 5 nitrogen and oxygen atoms in total. The molecule has 1 aromatic rings. The zero-order valence-electron chi connectivity index (χ0n) is 14.9. The Balaban J connectivity index is 3.11. The second kappa shape index (κ2) is 7.81. The number of anilines is 1. The van der Waals surface area contributed by atoms with Crippen molar-refractivity contribution in [3.8, 4) is 0 Å². The Morgan fingerprint density at radius 3 is 2.17 bits per heavy atom. The lowest BCUT2D eigenvalue weighted by Crippen LogP contribution is -2.43. The second-order valence-electron chi connectivity index (χ2n) is 6.27. The van der Waals surface area contributed by atoms with Crippen LogP contribution >= 0.6 is 0 Å². The summed E-state index contributed by atoms with van der Waals surface area (Å²) in [6.45, 7) is 9.47. The Kier molecular flexibility index (Phi) is 6.62. The van der Waals surface area contributed by atoms with Gasteiger partial charge in [-0.3, -0.25) is 9.10 Å². The lowest BCUT2D eigenvalue weighted by atomic mass is 10.1. The van der Waals surface area contributed by atoms with E-state index in [9.17, 15) is 13.2 Å². The van der Waals surface area contributed by atoms with Crippen molar-refractivity contribution in [3.05, 3.63) is 28.8 Å². The minimum atomic E-state index is -3.55. The van der Waals surface area contributed by atoms with Crippen molar-refractivity contribution in [2.45, 2.75) is 53.5 Å². The minimum Gasteiger partial charge on any atom is -0.352 e. The molecule has 0 aliphatic rings. The van der Waals surface area contributed by atoms with Gasteiger partial charge < -0.3 is 5.32 Å². The van der Waals surface area contributed by atoms with Crippen LogP contribution in [0.3, 0.4) is 0 Å². The molecular weight excluding hydrogens is 312 g/mol. The summed E-state index contributed by atoms with van der Waals surface area (Å²) < 4.78 is 25.6. The van der Waals surface area contributed by atoms with Crippen molar-refractivity contribution >= 4 is 21.6 Å². The molecule has 6 heteroatoms. The molecule has 0 aliphatic heterocycles. The molecular formula is C17H28N2O3S. The Hall–Kier alpha value is -1.56. The fourth-order valence-electron chi connectivity index (χ4n) is 2.88. The van der Waals surface area contributed by atoms with Gasteiger partial charge in [-0.2, -0.15) is 0 Å². The average molecular weight is 340 g/mol. The van der Waals surface area contributed by atoms with E-state index in [0.29, 0.717) is 5.69 Å². The molecule has 0 aromatic heterocycles. The van der Waals surface area contributed by atoms with E-state index < -0.39 is 10.0 Å². The Morgan fingerprint density at radius 2 is 1.74 bits per heavy atom. The summed E-state index contributed by atoms with van der Waals surface area (Å²) >= 11 is 0. The molecule has 0 aliphatic carbocycles. The molecule has 1 unspecified atom stereocenters. The molecule has 1 amide bonds. The van der Waals surface area contributed by atoms with E-state index in [1.165, 1.54) is 4.31 Å². The highest BCUT2D eigenvalue weighted by Gasteiger charge is 2.24. The highest BCUT2D eigenvalue weighted by molar-refractivity contribution is 7.92. The lowest BCUT2D eigenvalue weighted by Gasteiger charge is -2.26. The summed E-state index contributed by atoms with van der Waals surface area (Å²) in [5.41, 5.74) is 3.36. The molecule has 1 N–H and O–H groups in total. The van der Waals surface area contributed by atoms with Gasteiger partial charge in [0.25, 0.3) is 0 Å². The summed E-state index contributed by atoms with van der Waals surface area (Å²) in [5, 5.41) is 2.86. The van der Waals surface area contributed by atoms with Crippen molar-refractivity contribution in [3.63, 3.8) is 0 Å². The number of nitrogens with zero attached hydrogens (tertiary/aromatic N) is 1. The van der Waals surface area contributed by atoms with Gasteiger partial charge in [0.15, 0.2) is 0 Å². The Morgan fingerprint density at radius 1 is 1.22 bits per heavy atom. The van der Waals surface area contributed by atoms with Gasteiger partial charge in [0.05, 0.1) is 11.9 Å². The van der Waals surface area contributed by atoms with Gasteiger partial charge in [0.1, 0.15) is 6.54 Å². The molecule has 23 heavy (non-hydrogen) atoms. The fraction of sp³-hybridized carbons (Fsp3) is 0.588. The summed E-state index contributed by atoms with van der Waals surface area (Å²) in [6, 6.07) is 3.89. The van der Waals surface area contributed by atoms with Gasteiger partial charge in [-0.25, -0.2) is 8.42 Å². The van der Waals surface area contributed by atoms with Gasteiger partial charge >= 0.3 is 0 Å². The third kappa shape index (κ3) is 5.53. The van der Waals surface area contributed by atoms with Gasteiger partial charge in [-0.15, -0.1) is 0 Å². The molecule has 0 fully saturated rings. The van der Waals surface area contributed by atoms with Gasteiger partial charge in [0.2, 0.25) is 15.9 Å². The van der Waals surface area contributed by atoms with Crippen LogP contribution in [0, 0.1) is 20.8 Å². The van der Waals surface area contributed by atoms with E-state index in [2.05, 4.69) is 5.32 Å². The van der Waals surface area contributed by atoms with E-state index in [1.807, 2.05) is 46.8 Å². The number of hydrogen-bond acceptors (Lipinski definition) is 3. The smallest absolute Gasteiger partial charge is 0.240 e. The number of carbonyl (C=O) groups is 1. The minimum absolute atomic E-state index is 0.0362. The van der Waals surface area contributed by atoms with Crippen molar-refractivity contribution in [1.29, 1.82) is 0 Å². The van der Waals surface area contributed by atoms with Crippen molar-refractivity contribution < 1.29 is 13.2 Å². The average Bonchev–Trinajstić information content (AvgIpc) is 2.35. The molecule has 130 valence electrons. The first kappa shape index (κ1) is 19.5. The highest BCUT2D eigenvalue weighted by Crippen LogP contribution is 2.28. The molecule has 0 spiro atoms. The van der Waals surface area contributed by atoms with Crippen LogP contribution in [0.2, 0.25) is 0 Å². The van der Waals surface area contributed by atoms with E-state index in [0.717, 1.165) is 35.8 Å². The molecule has 0 saturated carbocycles. The molecule has 1 atom stereocenters. The summed E-state index contributed by atoms with van der Waals surface area (Å²) in [6.07, 6.45) is 2.97. The number of benzene rings is 1. The number of rotatable bonds is 7. The largest absolute Gasteiger partial charge is 0.352 e. The first-order valence-electron chi connectivity index (χ1n) is 7.91. The van der Waals surface area contributed by atoms with Crippen LogP contribution in [-0.4, -0.2) is 33.2 Å². The van der Waals surface area contributed by atoms with Crippen molar-refractivity contribution in [1.82, 2.24) is 5.32 Å². The summed E-state index contributed by atoms with van der Waals surface area (Å²) in [7, 11) is -3.55. The van der Waals surface area contributed by atoms with Crippen LogP contribution in [0.25, 0.3) is 0 Å². The van der Waals surface area contributed by atoms with E-state index in [4.69, 9.17) is 0 Å². The number of nitrogens with one attached hydrogen (secondary N) is 1. The zero-order chi connectivity index (χ0) is 17.8. The van der Waals surface area contributed by atoms with Gasteiger partial charge in [-0.1, -0.05) is 31.0 Å². The van der Waals surface area contributed by atoms with E-state index in [1.54, 1.807) is 0 Å². The second-order valence-corrected chi connectivity index (χ2v) is 8.18. The van der Waals surface area contributed by atoms with Crippen molar-refractivity contribution in [2.24, 2.45) is 0 Å². The fourth-order valence-corrected chi connectivity index (χ4v) is 3.86. The third-order valence-corrected chi connectivity index (χ3v) is 4.81. The molecule has 0 bridgehead atoms. The molecule has 0 saturated heterocycles. The number of aryl methyl sites for hydroxylation is 3. The maximum Gasteiger partial charge on any atom is 0.240 e. The number of hydrogen-bond donors (Lipinski definition) is 1. The molecule has 0 heterocycles. The van der Waals surface area contributed by atoms with Gasteiger partial charge in [0, 0.05) is 6.04 Å². The number of carbonyl (C=O) groups excluding carboxylic acids is 1. The predicted octanol–water partition coefficient (Wildman–Crippen LogP) is 2.68. The monoisotopic (exact) mass is 340 g/mol. The van der Waals surface area contributed by atoms with Crippen LogP contribution in [0.5, 0.6) is 0 Å². The van der Waals surface area contributed by atoms with Crippen LogP contribution in [0.4, 0.5) is 5.69 Å². The zero-order valence-corrected chi connectivity index (χ0v) is 15.8. The Labute approximate surface area is 140 Å². The summed E-state index contributed by atoms with van der Waals surface area (Å²) in [4.78, 5) is 12.2. The number of amides is 1. The van der Waals surface area contributed by atoms with Crippen LogP contribution in [0.1, 0.15) is 43.4 Å². The van der Waals surface area contributed by atoms with Crippen molar-refractivity contribution in [2.75, 3.05) is 17.1 Å². The standard InChI is InChI=1S/C17H28N2O3S/c1-7-8-15(5)18-16(20)11-19(23(6,21)22)17-13(3)9-12(2)10-14(17)4/h9-10,15H,7-8,11H2,1-6H3,(H,18,20). The predicted molar refractivity (Wildman–Crippen MR) is 95.4 cm³/mol. The first-order valence-corrected chi connectivity index (χ1v) is 9.76. The van der Waals surface area contributed by atoms with E-state index in [-0.39, 0.29) is 18.5 Å². The number of sulfonamides is 1. The maximum absolute atomic E-state index is 12.2. The Bertz CT molecular complexity index is 645. The van der Waals surface area contributed by atoms with Crippen LogP contribution in [-0.2, 0) is 14.8 Å². The SMILES string of the molecule is CCCC(C)NC(=O)CN(c1c(C)cc(C)cc1C)S(C)(=O)=O. The molecule has 1 rings (SSSR count). The van der Waals surface area contributed by atoms with Gasteiger partial charge in [-0.05, 0) is 45.2 Å². The van der Waals surface area contributed by atoms with Crippen LogP contribution < -0.4 is 9.62 Å². The van der Waals surface area contributed by atoms with E-state index >= 15 is 0 Å². The third-order valence-electron chi connectivity index (χ3n) is 3.70. The molecule has 1 aromatic carbocycles. The summed E-state index contributed by atoms with van der Waals surface area (Å²) in [5.74, 6) is -0.282. The topological polar surface area (TPSA) is 66.5 Å². The highest BCUT2D eigenvalue weighted by atomic mass is 32.2. The maximum atomic E-state index is 12.2. The quantitative estimate of drug-likeness (QED) is 0.830.